The summed E-state index contributed by atoms with van der Waals surface area (Å²) in [4.78, 5) is 12.0. The van der Waals surface area contributed by atoms with Crippen LogP contribution in [0, 0.1) is 0 Å². The van der Waals surface area contributed by atoms with Crippen LogP contribution in [0.5, 0.6) is 0 Å². The zero-order valence-electron chi connectivity index (χ0n) is 8.57. The highest BCUT2D eigenvalue weighted by Gasteiger charge is 2.12. The molecule has 0 saturated heterocycles. The number of benzene rings is 1. The largest absolute Gasteiger partial charge is 0.472 e. The molecule has 0 fully saturated rings. The van der Waals surface area contributed by atoms with Gasteiger partial charge in [-0.15, -0.1) is 0 Å². The summed E-state index contributed by atoms with van der Waals surface area (Å²) >= 11 is 0. The number of hydrogen-bond donors (Lipinski definition) is 0. The monoisotopic (exact) mass is 200 g/mol. The van der Waals surface area contributed by atoms with Gasteiger partial charge in [-0.25, -0.2) is 0 Å². The fourth-order valence-corrected chi connectivity index (χ4v) is 1.60. The molecule has 76 valence electrons. The van der Waals surface area contributed by atoms with Gasteiger partial charge in [0.15, 0.2) is 5.78 Å². The standard InChI is InChI=1S/C13H12O2/c1-2-10-5-3-4-6-12(10)13(14)11-7-8-15-9-11/h3-9H,2H2,1H3. The van der Waals surface area contributed by atoms with Gasteiger partial charge in [0.1, 0.15) is 6.26 Å². The topological polar surface area (TPSA) is 30.2 Å². The molecule has 1 aromatic heterocycles. The molecular weight excluding hydrogens is 188 g/mol. The molecule has 0 N–H and O–H groups in total. The van der Waals surface area contributed by atoms with E-state index in [0.29, 0.717) is 5.56 Å². The molecule has 1 heterocycles. The Morgan fingerprint density at radius 3 is 2.73 bits per heavy atom. The minimum atomic E-state index is 0.0289. The average molecular weight is 200 g/mol. The Morgan fingerprint density at radius 1 is 1.27 bits per heavy atom. The zero-order chi connectivity index (χ0) is 10.7. The van der Waals surface area contributed by atoms with Crippen LogP contribution in [0.15, 0.2) is 47.3 Å². The van der Waals surface area contributed by atoms with Crippen LogP contribution in [0.4, 0.5) is 0 Å². The highest BCUT2D eigenvalue weighted by molar-refractivity contribution is 6.09. The molecule has 0 atom stereocenters. The van der Waals surface area contributed by atoms with E-state index in [1.807, 2.05) is 31.2 Å². The Labute approximate surface area is 88.5 Å². The number of ketones is 1. The maximum Gasteiger partial charge on any atom is 0.196 e. The van der Waals surface area contributed by atoms with E-state index >= 15 is 0 Å². The molecule has 0 saturated carbocycles. The van der Waals surface area contributed by atoms with E-state index in [9.17, 15) is 4.79 Å². The van der Waals surface area contributed by atoms with Crippen molar-refractivity contribution < 1.29 is 9.21 Å². The van der Waals surface area contributed by atoms with Crippen LogP contribution >= 0.6 is 0 Å². The molecule has 2 heteroatoms. The van der Waals surface area contributed by atoms with Gasteiger partial charge in [-0.2, -0.15) is 0 Å². The van der Waals surface area contributed by atoms with Gasteiger partial charge in [0.05, 0.1) is 11.8 Å². The molecule has 0 unspecified atom stereocenters. The van der Waals surface area contributed by atoms with Crippen LogP contribution in [-0.4, -0.2) is 5.78 Å². The Morgan fingerprint density at radius 2 is 2.07 bits per heavy atom. The Bertz CT molecular complexity index is 455. The number of rotatable bonds is 3. The summed E-state index contributed by atoms with van der Waals surface area (Å²) < 4.78 is 4.91. The number of furan rings is 1. The number of carbonyl (C=O) groups excluding carboxylic acids is 1. The van der Waals surface area contributed by atoms with Crippen molar-refractivity contribution in [2.45, 2.75) is 13.3 Å². The lowest BCUT2D eigenvalue weighted by Crippen LogP contribution is -2.03. The van der Waals surface area contributed by atoms with Gasteiger partial charge in [-0.3, -0.25) is 4.79 Å². The van der Waals surface area contributed by atoms with Crippen molar-refractivity contribution in [1.82, 2.24) is 0 Å². The first kappa shape index (κ1) is 9.71. The van der Waals surface area contributed by atoms with Crippen molar-refractivity contribution in [3.8, 4) is 0 Å². The average Bonchev–Trinajstić information content (AvgIpc) is 2.81. The van der Waals surface area contributed by atoms with Crippen molar-refractivity contribution in [2.24, 2.45) is 0 Å². The lowest BCUT2D eigenvalue weighted by molar-refractivity contribution is 0.103. The van der Waals surface area contributed by atoms with E-state index in [1.54, 1.807) is 6.07 Å². The molecular formula is C13H12O2. The molecule has 0 aliphatic heterocycles. The van der Waals surface area contributed by atoms with Crippen molar-refractivity contribution in [3.63, 3.8) is 0 Å². The molecule has 0 radical (unpaired) electrons. The Balaban J connectivity index is 2.42. The normalized spacial score (nSPS) is 10.2. The van der Waals surface area contributed by atoms with Gasteiger partial charge in [0.2, 0.25) is 0 Å². The predicted molar refractivity (Wildman–Crippen MR) is 58.0 cm³/mol. The summed E-state index contributed by atoms with van der Waals surface area (Å²) in [6.45, 7) is 2.04. The van der Waals surface area contributed by atoms with Gasteiger partial charge >= 0.3 is 0 Å². The molecule has 2 nitrogen and oxygen atoms in total. The highest BCUT2D eigenvalue weighted by atomic mass is 16.3. The van der Waals surface area contributed by atoms with Crippen molar-refractivity contribution in [3.05, 3.63) is 59.5 Å². The van der Waals surface area contributed by atoms with E-state index in [2.05, 4.69) is 0 Å². The molecule has 0 bridgehead atoms. The van der Waals surface area contributed by atoms with Gasteiger partial charge in [0.25, 0.3) is 0 Å². The SMILES string of the molecule is CCc1ccccc1C(=O)c1ccoc1. The summed E-state index contributed by atoms with van der Waals surface area (Å²) in [6, 6.07) is 9.35. The Hall–Kier alpha value is -1.83. The maximum absolute atomic E-state index is 12.0. The summed E-state index contributed by atoms with van der Waals surface area (Å²) in [5.41, 5.74) is 2.45. The molecule has 1 aromatic carbocycles. The van der Waals surface area contributed by atoms with E-state index < -0.39 is 0 Å². The van der Waals surface area contributed by atoms with Crippen LogP contribution in [0.2, 0.25) is 0 Å². The summed E-state index contributed by atoms with van der Waals surface area (Å²) in [6.07, 6.45) is 3.86. The first-order chi connectivity index (χ1) is 7.33. The number of carbonyl (C=O) groups is 1. The number of hydrogen-bond acceptors (Lipinski definition) is 2. The third kappa shape index (κ3) is 1.84. The zero-order valence-corrected chi connectivity index (χ0v) is 8.57. The van der Waals surface area contributed by atoms with E-state index in [1.165, 1.54) is 12.5 Å². The van der Waals surface area contributed by atoms with Crippen molar-refractivity contribution in [1.29, 1.82) is 0 Å². The van der Waals surface area contributed by atoms with Gasteiger partial charge in [-0.05, 0) is 18.1 Å². The van der Waals surface area contributed by atoms with E-state index in [-0.39, 0.29) is 5.78 Å². The quantitative estimate of drug-likeness (QED) is 0.713. The fourth-order valence-electron chi connectivity index (χ4n) is 1.60. The van der Waals surface area contributed by atoms with Gasteiger partial charge < -0.3 is 4.42 Å². The van der Waals surface area contributed by atoms with Crippen molar-refractivity contribution in [2.75, 3.05) is 0 Å². The second kappa shape index (κ2) is 4.13. The van der Waals surface area contributed by atoms with Gasteiger partial charge in [0, 0.05) is 5.56 Å². The van der Waals surface area contributed by atoms with Crippen LogP contribution < -0.4 is 0 Å². The third-order valence-electron chi connectivity index (χ3n) is 2.43. The van der Waals surface area contributed by atoms with Crippen molar-refractivity contribution >= 4 is 5.78 Å². The fraction of sp³-hybridized carbons (Fsp3) is 0.154. The summed E-state index contributed by atoms with van der Waals surface area (Å²) in [7, 11) is 0. The van der Waals surface area contributed by atoms with Crippen LogP contribution in [0.3, 0.4) is 0 Å². The van der Waals surface area contributed by atoms with Gasteiger partial charge in [-0.1, -0.05) is 31.2 Å². The smallest absolute Gasteiger partial charge is 0.196 e. The molecule has 2 aromatic rings. The lowest BCUT2D eigenvalue weighted by atomic mass is 9.99. The Kier molecular flexibility index (Phi) is 2.68. The summed E-state index contributed by atoms with van der Waals surface area (Å²) in [5, 5.41) is 0. The highest BCUT2D eigenvalue weighted by Crippen LogP contribution is 2.15. The third-order valence-corrected chi connectivity index (χ3v) is 2.43. The lowest BCUT2D eigenvalue weighted by Gasteiger charge is -2.04. The molecule has 0 aliphatic rings. The molecule has 0 amide bonds. The molecule has 0 spiro atoms. The van der Waals surface area contributed by atoms with Crippen LogP contribution in [-0.2, 0) is 6.42 Å². The first-order valence-electron chi connectivity index (χ1n) is 4.97. The minimum Gasteiger partial charge on any atom is -0.472 e. The van der Waals surface area contributed by atoms with E-state index in [4.69, 9.17) is 4.42 Å². The maximum atomic E-state index is 12.0. The minimum absolute atomic E-state index is 0.0289. The summed E-state index contributed by atoms with van der Waals surface area (Å²) in [5.74, 6) is 0.0289. The van der Waals surface area contributed by atoms with Crippen LogP contribution in [0.1, 0.15) is 28.4 Å². The molecule has 0 aliphatic carbocycles. The second-order valence-corrected chi connectivity index (χ2v) is 3.35. The molecule has 15 heavy (non-hydrogen) atoms. The number of aryl methyl sites for hydroxylation is 1. The predicted octanol–water partition coefficient (Wildman–Crippen LogP) is 3.07. The first-order valence-corrected chi connectivity index (χ1v) is 4.97. The van der Waals surface area contributed by atoms with E-state index in [0.717, 1.165) is 17.5 Å². The molecule has 2 rings (SSSR count). The van der Waals surface area contributed by atoms with Crippen LogP contribution in [0.25, 0.3) is 0 Å². The second-order valence-electron chi connectivity index (χ2n) is 3.35.